The summed E-state index contributed by atoms with van der Waals surface area (Å²) >= 11 is 0. The molecule has 8 nitrogen and oxygen atoms in total. The molecule has 0 radical (unpaired) electrons. The van der Waals surface area contributed by atoms with E-state index < -0.39 is 24.7 Å². The van der Waals surface area contributed by atoms with Crippen LogP contribution in [0.25, 0.3) is 0 Å². The topological polar surface area (TPSA) is 117 Å². The Morgan fingerprint density at radius 3 is 2.65 bits per heavy atom. The predicted molar refractivity (Wildman–Crippen MR) is 112 cm³/mol. The molecular formula is C23H32N2O6. The van der Waals surface area contributed by atoms with Crippen LogP contribution in [0.3, 0.4) is 0 Å². The Balaban J connectivity index is 1.31. The van der Waals surface area contributed by atoms with Gasteiger partial charge in [-0.15, -0.1) is 0 Å². The number of carbonyl (C=O) groups is 2. The van der Waals surface area contributed by atoms with Crippen LogP contribution in [0, 0.1) is 22.7 Å². The molecule has 31 heavy (non-hydrogen) atoms. The van der Waals surface area contributed by atoms with E-state index in [0.717, 1.165) is 18.4 Å². The van der Waals surface area contributed by atoms with E-state index in [2.05, 4.69) is 31.4 Å². The van der Waals surface area contributed by atoms with E-state index in [1.54, 1.807) is 12.1 Å². The number of nitrogens with one attached hydrogen (secondary N) is 2. The van der Waals surface area contributed by atoms with E-state index in [1.165, 1.54) is 0 Å². The molecule has 2 amide bonds. The van der Waals surface area contributed by atoms with E-state index in [-0.39, 0.29) is 48.3 Å². The summed E-state index contributed by atoms with van der Waals surface area (Å²) in [6.07, 6.45) is 1.57. The highest BCUT2D eigenvalue weighted by molar-refractivity contribution is 5.87. The fraction of sp³-hybridized carbons (Fsp3) is 0.652. The Morgan fingerprint density at radius 1 is 1.23 bits per heavy atom. The maximum Gasteiger partial charge on any atom is 0.245 e. The number of aliphatic hydroxyl groups excluding tert-OH is 2. The summed E-state index contributed by atoms with van der Waals surface area (Å²) in [7, 11) is 0. The van der Waals surface area contributed by atoms with Gasteiger partial charge in [-0.2, -0.15) is 0 Å². The van der Waals surface area contributed by atoms with Gasteiger partial charge in [-0.3, -0.25) is 9.59 Å². The van der Waals surface area contributed by atoms with Crippen LogP contribution in [0.1, 0.15) is 45.6 Å². The minimum Gasteiger partial charge on any atom is -0.454 e. The van der Waals surface area contributed by atoms with E-state index in [0.29, 0.717) is 11.5 Å². The number of carbonyl (C=O) groups excluding carboxylic acids is 2. The molecule has 170 valence electrons. The largest absolute Gasteiger partial charge is 0.454 e. The van der Waals surface area contributed by atoms with Gasteiger partial charge < -0.3 is 30.3 Å². The van der Waals surface area contributed by atoms with Crippen LogP contribution in [0.4, 0.5) is 0 Å². The Labute approximate surface area is 182 Å². The van der Waals surface area contributed by atoms with Crippen molar-refractivity contribution in [3.05, 3.63) is 23.8 Å². The molecule has 0 saturated heterocycles. The number of hydrogen-bond donors (Lipinski definition) is 4. The minimum atomic E-state index is -1.04. The summed E-state index contributed by atoms with van der Waals surface area (Å²) in [6, 6.07) is 4.34. The van der Waals surface area contributed by atoms with Gasteiger partial charge >= 0.3 is 0 Å². The molecule has 2 aliphatic carbocycles. The molecule has 1 aromatic rings. The second kappa shape index (κ2) is 7.98. The average Bonchev–Trinajstić information content (AvgIpc) is 3.33. The molecule has 8 heteroatoms. The number of aliphatic hydroxyl groups is 2. The highest BCUT2D eigenvalue weighted by atomic mass is 16.7. The molecule has 5 unspecified atom stereocenters. The molecule has 0 aromatic heterocycles. The molecule has 2 bridgehead atoms. The van der Waals surface area contributed by atoms with Gasteiger partial charge in [-0.1, -0.05) is 26.8 Å². The van der Waals surface area contributed by atoms with E-state index in [1.807, 2.05) is 6.07 Å². The predicted octanol–water partition coefficient (Wildman–Crippen LogP) is 1.33. The molecule has 1 aromatic carbocycles. The Hall–Kier alpha value is -2.32. The van der Waals surface area contributed by atoms with Crippen LogP contribution in [0.15, 0.2) is 18.2 Å². The summed E-state index contributed by atoms with van der Waals surface area (Å²) in [4.78, 5) is 25.2. The summed E-state index contributed by atoms with van der Waals surface area (Å²) in [5.41, 5.74) is 0.595. The Morgan fingerprint density at radius 2 is 1.97 bits per heavy atom. The van der Waals surface area contributed by atoms with Crippen molar-refractivity contribution in [2.45, 2.75) is 58.7 Å². The standard InChI is InChI=1S/C23H32N2O6/c1-22(2)15-6-7-23(22,3)20(28)14(15)9-19(27)25-16(11-26)21(29)24-10-13-4-5-17-18(8-13)31-12-30-17/h4-5,8,14-16,20,26,28H,6-7,9-12H2,1-3H3,(H,24,29)(H,25,27). The molecule has 1 aliphatic heterocycles. The first-order valence-corrected chi connectivity index (χ1v) is 10.9. The molecule has 4 N–H and O–H groups in total. The minimum absolute atomic E-state index is 0.0320. The maximum absolute atomic E-state index is 12.7. The summed E-state index contributed by atoms with van der Waals surface area (Å²) in [5.74, 6) is 0.633. The smallest absolute Gasteiger partial charge is 0.245 e. The van der Waals surface area contributed by atoms with Crippen molar-refractivity contribution in [3.63, 3.8) is 0 Å². The number of amides is 2. The second-order valence-corrected chi connectivity index (χ2v) is 9.81. The van der Waals surface area contributed by atoms with Gasteiger partial charge in [-0.05, 0) is 53.2 Å². The fourth-order valence-corrected chi connectivity index (χ4v) is 5.81. The van der Waals surface area contributed by atoms with Gasteiger partial charge in [0.1, 0.15) is 6.04 Å². The first-order chi connectivity index (χ1) is 14.7. The lowest BCUT2D eigenvalue weighted by Crippen LogP contribution is -2.49. The number of fused-ring (bicyclic) bond motifs is 3. The first-order valence-electron chi connectivity index (χ1n) is 10.9. The normalized spacial score (nSPS) is 30.8. The lowest BCUT2D eigenvalue weighted by molar-refractivity contribution is -0.131. The van der Waals surface area contributed by atoms with Crippen molar-refractivity contribution in [2.24, 2.45) is 22.7 Å². The number of benzene rings is 1. The monoisotopic (exact) mass is 432 g/mol. The van der Waals surface area contributed by atoms with Crippen LogP contribution >= 0.6 is 0 Å². The van der Waals surface area contributed by atoms with Crippen LogP contribution in [-0.2, 0) is 16.1 Å². The summed E-state index contributed by atoms with van der Waals surface area (Å²) in [6.45, 7) is 6.36. The van der Waals surface area contributed by atoms with Gasteiger partial charge in [0.05, 0.1) is 12.7 Å². The van der Waals surface area contributed by atoms with Gasteiger partial charge in [0.25, 0.3) is 0 Å². The molecule has 5 atom stereocenters. The van der Waals surface area contributed by atoms with E-state index in [9.17, 15) is 19.8 Å². The van der Waals surface area contributed by atoms with Crippen LogP contribution in [-0.4, -0.2) is 47.6 Å². The fourth-order valence-electron chi connectivity index (χ4n) is 5.81. The summed E-state index contributed by atoms with van der Waals surface area (Å²) < 4.78 is 10.6. The Bertz CT molecular complexity index is 872. The van der Waals surface area contributed by atoms with Gasteiger partial charge in [0, 0.05) is 13.0 Å². The lowest BCUT2D eigenvalue weighted by Gasteiger charge is -2.37. The summed E-state index contributed by atoms with van der Waals surface area (Å²) in [5, 5.41) is 25.9. The number of ether oxygens (including phenoxy) is 2. The third-order valence-corrected chi connectivity index (χ3v) is 8.11. The van der Waals surface area contributed by atoms with Crippen molar-refractivity contribution in [1.29, 1.82) is 0 Å². The third-order valence-electron chi connectivity index (χ3n) is 8.11. The number of hydrogen-bond acceptors (Lipinski definition) is 6. The molecule has 2 fully saturated rings. The maximum atomic E-state index is 12.7. The molecule has 4 rings (SSSR count). The van der Waals surface area contributed by atoms with Gasteiger partial charge in [0.15, 0.2) is 11.5 Å². The van der Waals surface area contributed by atoms with E-state index >= 15 is 0 Å². The van der Waals surface area contributed by atoms with Crippen molar-refractivity contribution in [2.75, 3.05) is 13.4 Å². The molecular weight excluding hydrogens is 400 g/mol. The zero-order valence-corrected chi connectivity index (χ0v) is 18.3. The van der Waals surface area contributed by atoms with E-state index in [4.69, 9.17) is 9.47 Å². The van der Waals surface area contributed by atoms with Crippen molar-refractivity contribution < 1.29 is 29.3 Å². The van der Waals surface area contributed by atoms with Crippen LogP contribution in [0.5, 0.6) is 11.5 Å². The average molecular weight is 433 g/mol. The molecule has 0 spiro atoms. The zero-order chi connectivity index (χ0) is 22.4. The zero-order valence-electron chi connectivity index (χ0n) is 18.3. The van der Waals surface area contributed by atoms with Crippen LogP contribution < -0.4 is 20.1 Å². The molecule has 1 heterocycles. The van der Waals surface area contributed by atoms with Crippen molar-refractivity contribution >= 4 is 11.8 Å². The van der Waals surface area contributed by atoms with Crippen molar-refractivity contribution in [3.8, 4) is 11.5 Å². The highest BCUT2D eigenvalue weighted by Crippen LogP contribution is 2.68. The number of rotatable bonds is 7. The highest BCUT2D eigenvalue weighted by Gasteiger charge is 2.65. The third kappa shape index (κ3) is 3.65. The SMILES string of the molecule is CC1(C)C2CCC1(C)C(O)C2CC(=O)NC(CO)C(=O)NCc1ccc2c(c1)OCO2. The Kier molecular flexibility index (Phi) is 5.64. The van der Waals surface area contributed by atoms with Crippen molar-refractivity contribution in [1.82, 2.24) is 10.6 Å². The second-order valence-electron chi connectivity index (χ2n) is 9.81. The first kappa shape index (κ1) is 21.9. The van der Waals surface area contributed by atoms with Crippen LogP contribution in [0.2, 0.25) is 0 Å². The van der Waals surface area contributed by atoms with Gasteiger partial charge in [-0.25, -0.2) is 0 Å². The quantitative estimate of drug-likeness (QED) is 0.517. The lowest BCUT2D eigenvalue weighted by atomic mass is 9.70. The molecule has 2 saturated carbocycles. The van der Waals surface area contributed by atoms with Gasteiger partial charge in [0.2, 0.25) is 18.6 Å². The molecule has 3 aliphatic rings.